The van der Waals surface area contributed by atoms with Crippen molar-refractivity contribution in [2.24, 2.45) is 11.7 Å². The number of likely N-dealkylation sites (tertiary alicyclic amines) is 1. The van der Waals surface area contributed by atoms with E-state index in [1.54, 1.807) is 7.11 Å². The number of nitrogens with two attached hydrogens (primary N) is 1. The third kappa shape index (κ3) is 4.33. The average molecular weight is 406 g/mol. The number of aromatic nitrogens is 4. The molecule has 1 fully saturated rings. The first kappa shape index (κ1) is 20.0. The molecule has 8 heteroatoms. The average Bonchev–Trinajstić information content (AvgIpc) is 3.23. The molecule has 2 aromatic carbocycles. The van der Waals surface area contributed by atoms with E-state index < -0.39 is 0 Å². The number of nitrogens with zero attached hydrogens (tertiary/aromatic N) is 5. The van der Waals surface area contributed by atoms with E-state index in [9.17, 15) is 4.79 Å². The van der Waals surface area contributed by atoms with Gasteiger partial charge in [-0.15, -0.1) is 5.10 Å². The van der Waals surface area contributed by atoms with Crippen molar-refractivity contribution < 1.29 is 9.53 Å². The highest BCUT2D eigenvalue weighted by atomic mass is 16.5. The zero-order chi connectivity index (χ0) is 20.9. The number of tetrazole rings is 1. The van der Waals surface area contributed by atoms with E-state index in [0.29, 0.717) is 6.54 Å². The van der Waals surface area contributed by atoms with Crippen LogP contribution in [0.25, 0.3) is 0 Å². The van der Waals surface area contributed by atoms with Crippen LogP contribution in [0.3, 0.4) is 0 Å². The molecule has 1 atom stereocenters. The van der Waals surface area contributed by atoms with Crippen LogP contribution in [-0.2, 0) is 11.3 Å². The smallest absolute Gasteiger partial charge is 0.220 e. The van der Waals surface area contributed by atoms with Crippen LogP contribution in [0.5, 0.6) is 5.75 Å². The van der Waals surface area contributed by atoms with Crippen molar-refractivity contribution >= 4 is 5.91 Å². The van der Waals surface area contributed by atoms with Crippen LogP contribution < -0.4 is 10.5 Å². The summed E-state index contributed by atoms with van der Waals surface area (Å²) in [5.41, 5.74) is 7.74. The molecule has 0 bridgehead atoms. The summed E-state index contributed by atoms with van der Waals surface area (Å²) in [7, 11) is 1.65. The maximum atomic E-state index is 11.6. The Hall–Kier alpha value is -3.26. The Morgan fingerprint density at radius 3 is 2.47 bits per heavy atom. The van der Waals surface area contributed by atoms with Crippen molar-refractivity contribution in [3.8, 4) is 5.75 Å². The summed E-state index contributed by atoms with van der Waals surface area (Å²) in [6, 6.07) is 18.0. The predicted molar refractivity (Wildman–Crippen MR) is 112 cm³/mol. The monoisotopic (exact) mass is 406 g/mol. The number of carbonyl (C=O) groups excluding carboxylic acids is 1. The predicted octanol–water partition coefficient (Wildman–Crippen LogP) is 2.02. The number of hydrogen-bond donors (Lipinski definition) is 1. The van der Waals surface area contributed by atoms with Crippen LogP contribution >= 0.6 is 0 Å². The van der Waals surface area contributed by atoms with Gasteiger partial charge < -0.3 is 10.5 Å². The third-order valence-corrected chi connectivity index (χ3v) is 5.71. The number of methoxy groups -OCH3 is 1. The molecule has 0 unspecified atom stereocenters. The maximum absolute atomic E-state index is 11.6. The molecule has 1 amide bonds. The van der Waals surface area contributed by atoms with Gasteiger partial charge in [0, 0.05) is 5.92 Å². The van der Waals surface area contributed by atoms with E-state index in [4.69, 9.17) is 10.5 Å². The number of primary amides is 1. The minimum Gasteiger partial charge on any atom is -0.497 e. The Bertz CT molecular complexity index is 965. The van der Waals surface area contributed by atoms with Gasteiger partial charge in [-0.05, 0) is 59.6 Å². The molecule has 0 saturated carbocycles. The van der Waals surface area contributed by atoms with Crippen molar-refractivity contribution in [3.63, 3.8) is 0 Å². The van der Waals surface area contributed by atoms with Crippen LogP contribution in [0, 0.1) is 5.92 Å². The first-order chi connectivity index (χ1) is 14.7. The Balaban J connectivity index is 1.66. The highest BCUT2D eigenvalue weighted by Gasteiger charge is 2.32. The highest BCUT2D eigenvalue weighted by Crippen LogP contribution is 2.32. The molecule has 3 aromatic rings. The van der Waals surface area contributed by atoms with Crippen molar-refractivity contribution in [1.82, 2.24) is 25.1 Å². The Morgan fingerprint density at radius 1 is 1.13 bits per heavy atom. The quantitative estimate of drug-likeness (QED) is 0.644. The summed E-state index contributed by atoms with van der Waals surface area (Å²) in [5.74, 6) is 1.29. The van der Waals surface area contributed by atoms with E-state index in [-0.39, 0.29) is 17.9 Å². The first-order valence-electron chi connectivity index (χ1n) is 10.1. The number of rotatable bonds is 7. The molecule has 30 heavy (non-hydrogen) atoms. The molecule has 0 spiro atoms. The topological polar surface area (TPSA) is 99.2 Å². The van der Waals surface area contributed by atoms with Gasteiger partial charge in [0.25, 0.3) is 0 Å². The zero-order valence-corrected chi connectivity index (χ0v) is 17.0. The van der Waals surface area contributed by atoms with Gasteiger partial charge in [-0.3, -0.25) is 9.69 Å². The van der Waals surface area contributed by atoms with Crippen molar-refractivity contribution in [2.75, 3.05) is 20.2 Å². The zero-order valence-electron chi connectivity index (χ0n) is 17.0. The van der Waals surface area contributed by atoms with E-state index in [1.165, 1.54) is 0 Å². The van der Waals surface area contributed by atoms with E-state index in [2.05, 4.69) is 32.6 Å². The second kappa shape index (κ2) is 9.04. The molecule has 2 heterocycles. The van der Waals surface area contributed by atoms with Crippen molar-refractivity contribution in [3.05, 3.63) is 71.5 Å². The molecule has 2 N–H and O–H groups in total. The summed E-state index contributed by atoms with van der Waals surface area (Å²) >= 11 is 0. The summed E-state index contributed by atoms with van der Waals surface area (Å²) in [6.45, 7) is 2.10. The molecule has 8 nitrogen and oxygen atoms in total. The molecule has 1 aromatic heterocycles. The molecule has 4 rings (SSSR count). The second-order valence-electron chi connectivity index (χ2n) is 7.57. The van der Waals surface area contributed by atoms with Gasteiger partial charge in [0.05, 0.1) is 19.7 Å². The number of ether oxygens (including phenoxy) is 1. The Labute approximate surface area is 175 Å². The van der Waals surface area contributed by atoms with Gasteiger partial charge in [-0.2, -0.15) is 0 Å². The fraction of sp³-hybridized carbons (Fsp3) is 0.364. The molecular weight excluding hydrogens is 380 g/mol. The molecule has 1 saturated heterocycles. The lowest BCUT2D eigenvalue weighted by Gasteiger charge is -2.36. The van der Waals surface area contributed by atoms with Gasteiger partial charge in [0.2, 0.25) is 5.91 Å². The molecule has 156 valence electrons. The Kier molecular flexibility index (Phi) is 6.04. The number of amides is 1. The fourth-order valence-corrected chi connectivity index (χ4v) is 4.03. The Morgan fingerprint density at radius 2 is 1.83 bits per heavy atom. The molecule has 1 aliphatic rings. The number of hydrogen-bond acceptors (Lipinski definition) is 6. The normalized spacial score (nSPS) is 16.3. The van der Waals surface area contributed by atoms with Gasteiger partial charge in [0.1, 0.15) is 5.75 Å². The van der Waals surface area contributed by atoms with Gasteiger partial charge in [-0.1, -0.05) is 42.5 Å². The lowest BCUT2D eigenvalue weighted by Crippen LogP contribution is -2.41. The number of carbonyl (C=O) groups is 1. The summed E-state index contributed by atoms with van der Waals surface area (Å²) < 4.78 is 7.17. The van der Waals surface area contributed by atoms with Gasteiger partial charge >= 0.3 is 0 Å². The van der Waals surface area contributed by atoms with Gasteiger partial charge in [0.15, 0.2) is 5.82 Å². The van der Waals surface area contributed by atoms with Crippen LogP contribution in [0.2, 0.25) is 0 Å². The van der Waals surface area contributed by atoms with Crippen molar-refractivity contribution in [2.45, 2.75) is 25.4 Å². The first-order valence-corrected chi connectivity index (χ1v) is 10.1. The van der Waals surface area contributed by atoms with E-state index >= 15 is 0 Å². The highest BCUT2D eigenvalue weighted by molar-refractivity contribution is 5.76. The fourth-order valence-electron chi connectivity index (χ4n) is 4.03. The van der Waals surface area contributed by atoms with Crippen LogP contribution in [0.4, 0.5) is 0 Å². The summed E-state index contributed by atoms with van der Waals surface area (Å²) in [5, 5.41) is 12.6. The molecule has 0 radical (unpaired) electrons. The number of benzene rings is 2. The lowest BCUT2D eigenvalue weighted by molar-refractivity contribution is -0.123. The summed E-state index contributed by atoms with van der Waals surface area (Å²) in [4.78, 5) is 13.9. The van der Waals surface area contributed by atoms with Gasteiger partial charge in [-0.25, -0.2) is 4.68 Å². The van der Waals surface area contributed by atoms with E-state index in [0.717, 1.165) is 48.6 Å². The molecule has 1 aliphatic heterocycles. The van der Waals surface area contributed by atoms with E-state index in [1.807, 2.05) is 47.1 Å². The maximum Gasteiger partial charge on any atom is 0.220 e. The minimum atomic E-state index is -0.218. The SMILES string of the molecule is COc1ccc([C@H](c2nnnn2Cc2ccccc2)N2CCC(C(N)=O)CC2)cc1. The van der Waals surface area contributed by atoms with Crippen molar-refractivity contribution in [1.29, 1.82) is 0 Å². The molecule has 0 aliphatic carbocycles. The van der Waals surface area contributed by atoms with Crippen LogP contribution in [0.15, 0.2) is 54.6 Å². The second-order valence-corrected chi connectivity index (χ2v) is 7.57. The number of piperidine rings is 1. The minimum absolute atomic E-state index is 0.0712. The standard InChI is InChI=1S/C22H26N6O2/c1-30-19-9-7-17(8-10-19)20(27-13-11-18(12-14-27)21(23)29)22-24-25-26-28(22)15-16-5-3-2-4-6-16/h2-10,18,20H,11-15H2,1H3,(H2,23,29)/t20-/m1/s1. The third-order valence-electron chi connectivity index (χ3n) is 5.71. The van der Waals surface area contributed by atoms with Crippen LogP contribution in [0.1, 0.15) is 35.8 Å². The molecular formula is C22H26N6O2. The summed E-state index contributed by atoms with van der Waals surface area (Å²) in [6.07, 6.45) is 1.48. The largest absolute Gasteiger partial charge is 0.497 e. The van der Waals surface area contributed by atoms with Crippen LogP contribution in [-0.4, -0.2) is 51.2 Å². The lowest BCUT2D eigenvalue weighted by atomic mass is 9.93.